The van der Waals surface area contributed by atoms with Gasteiger partial charge in [-0.15, -0.1) is 24.2 Å². The summed E-state index contributed by atoms with van der Waals surface area (Å²) in [5.41, 5.74) is 1.75. The highest BCUT2D eigenvalue weighted by atomic mass is 35.5. The number of halogens is 1. The van der Waals surface area contributed by atoms with Crippen LogP contribution < -0.4 is 15.0 Å². The molecule has 2 N–H and O–H groups in total. The van der Waals surface area contributed by atoms with E-state index in [2.05, 4.69) is 5.32 Å². The van der Waals surface area contributed by atoms with Crippen LogP contribution >= 0.6 is 24.2 Å². The van der Waals surface area contributed by atoms with Gasteiger partial charge in [0.15, 0.2) is 0 Å². The molecule has 0 aromatic heterocycles. The minimum absolute atomic E-state index is 0. The van der Waals surface area contributed by atoms with Gasteiger partial charge in [0.05, 0.1) is 18.0 Å². The summed E-state index contributed by atoms with van der Waals surface area (Å²) in [5, 5.41) is 13.5. The maximum absolute atomic E-state index is 12.9. The SMILES string of the molecule is CNCCN1C(=O)[C@@H](O)[C@@H](c2ccc(OC)cc2)Sc2ccccc21.Cl. The van der Waals surface area contributed by atoms with Crippen molar-refractivity contribution in [2.75, 3.05) is 32.1 Å². The molecule has 1 heterocycles. The first-order valence-electron chi connectivity index (χ1n) is 8.19. The number of rotatable bonds is 5. The predicted octanol–water partition coefficient (Wildman–Crippen LogP) is 2.88. The summed E-state index contributed by atoms with van der Waals surface area (Å²) in [6, 6.07) is 15.3. The van der Waals surface area contributed by atoms with E-state index in [4.69, 9.17) is 4.74 Å². The summed E-state index contributed by atoms with van der Waals surface area (Å²) >= 11 is 1.52. The van der Waals surface area contributed by atoms with E-state index in [0.717, 1.165) is 21.9 Å². The first-order chi connectivity index (χ1) is 12.2. The molecule has 3 rings (SSSR count). The van der Waals surface area contributed by atoms with Crippen LogP contribution in [0.5, 0.6) is 5.75 Å². The number of ether oxygens (including phenoxy) is 1. The number of anilines is 1. The summed E-state index contributed by atoms with van der Waals surface area (Å²) in [5.74, 6) is 0.479. The highest BCUT2D eigenvalue weighted by Crippen LogP contribution is 2.45. The van der Waals surface area contributed by atoms with E-state index in [1.54, 1.807) is 12.0 Å². The van der Waals surface area contributed by atoms with Crippen molar-refractivity contribution in [3.8, 4) is 5.75 Å². The van der Waals surface area contributed by atoms with Crippen molar-refractivity contribution in [2.24, 2.45) is 0 Å². The third-order valence-electron chi connectivity index (χ3n) is 4.25. The number of aliphatic hydroxyl groups excluding tert-OH is 1. The van der Waals surface area contributed by atoms with Gasteiger partial charge < -0.3 is 20.1 Å². The Kier molecular flexibility index (Phi) is 7.34. The minimum Gasteiger partial charge on any atom is -0.497 e. The van der Waals surface area contributed by atoms with Crippen molar-refractivity contribution in [3.05, 3.63) is 54.1 Å². The zero-order valence-electron chi connectivity index (χ0n) is 14.7. The van der Waals surface area contributed by atoms with Crippen LogP contribution in [0.25, 0.3) is 0 Å². The normalized spacial score (nSPS) is 19.3. The number of amides is 1. The maximum Gasteiger partial charge on any atom is 0.257 e. The molecule has 2 aromatic rings. The summed E-state index contributed by atoms with van der Waals surface area (Å²) in [7, 11) is 3.46. The van der Waals surface area contributed by atoms with E-state index in [1.807, 2.05) is 55.6 Å². The van der Waals surface area contributed by atoms with Gasteiger partial charge in [0.25, 0.3) is 5.91 Å². The molecular formula is C19H23ClN2O3S. The van der Waals surface area contributed by atoms with Crippen molar-refractivity contribution in [1.29, 1.82) is 0 Å². The van der Waals surface area contributed by atoms with Crippen LogP contribution in [0.4, 0.5) is 5.69 Å². The molecule has 1 aliphatic rings. The standard InChI is InChI=1S/C19H22N2O3S.ClH/c1-20-11-12-21-15-5-3-4-6-16(15)25-18(17(22)19(21)23)13-7-9-14(24-2)10-8-13;/h3-10,17-18,20,22H,11-12H2,1-2H3;1H/t17-,18+;/m0./s1. The number of fused-ring (bicyclic) bond motifs is 1. The molecule has 26 heavy (non-hydrogen) atoms. The van der Waals surface area contributed by atoms with Gasteiger partial charge in [0.1, 0.15) is 11.9 Å². The van der Waals surface area contributed by atoms with Crippen LogP contribution in [-0.2, 0) is 4.79 Å². The van der Waals surface area contributed by atoms with E-state index in [1.165, 1.54) is 11.8 Å². The van der Waals surface area contributed by atoms with Crippen molar-refractivity contribution >= 4 is 35.8 Å². The molecule has 0 spiro atoms. The quantitative estimate of drug-likeness (QED) is 0.816. The van der Waals surface area contributed by atoms with Gasteiger partial charge in [-0.05, 0) is 36.9 Å². The van der Waals surface area contributed by atoms with Gasteiger partial charge in [-0.2, -0.15) is 0 Å². The lowest BCUT2D eigenvalue weighted by molar-refractivity contribution is -0.126. The van der Waals surface area contributed by atoms with E-state index in [-0.39, 0.29) is 23.6 Å². The molecule has 2 atom stereocenters. The fourth-order valence-corrected chi connectivity index (χ4v) is 4.16. The molecule has 1 amide bonds. The van der Waals surface area contributed by atoms with E-state index in [9.17, 15) is 9.90 Å². The van der Waals surface area contributed by atoms with Crippen LogP contribution in [-0.4, -0.2) is 44.4 Å². The topological polar surface area (TPSA) is 61.8 Å². The lowest BCUT2D eigenvalue weighted by atomic mass is 10.1. The van der Waals surface area contributed by atoms with Gasteiger partial charge >= 0.3 is 0 Å². The molecule has 5 nitrogen and oxygen atoms in total. The molecular weight excluding hydrogens is 372 g/mol. The van der Waals surface area contributed by atoms with E-state index in [0.29, 0.717) is 13.1 Å². The van der Waals surface area contributed by atoms with Crippen LogP contribution in [0, 0.1) is 0 Å². The zero-order chi connectivity index (χ0) is 17.8. The fraction of sp³-hybridized carbons (Fsp3) is 0.316. The number of likely N-dealkylation sites (N-methyl/N-ethyl adjacent to an activating group) is 1. The number of methoxy groups -OCH3 is 1. The summed E-state index contributed by atoms with van der Waals surface area (Å²) in [6.07, 6.45) is -1.11. The first kappa shape index (κ1) is 20.6. The molecule has 0 unspecified atom stereocenters. The number of nitrogens with zero attached hydrogens (tertiary/aromatic N) is 1. The number of benzene rings is 2. The smallest absolute Gasteiger partial charge is 0.257 e. The molecule has 0 fully saturated rings. The molecule has 0 saturated heterocycles. The van der Waals surface area contributed by atoms with E-state index >= 15 is 0 Å². The molecule has 0 bridgehead atoms. The number of carbonyl (C=O) groups excluding carboxylic acids is 1. The van der Waals surface area contributed by atoms with Gasteiger partial charge in [-0.25, -0.2) is 0 Å². The summed E-state index contributed by atoms with van der Waals surface area (Å²) in [4.78, 5) is 15.6. The highest BCUT2D eigenvalue weighted by Gasteiger charge is 2.36. The Morgan fingerprint density at radius 1 is 1.19 bits per heavy atom. The number of hydrogen-bond donors (Lipinski definition) is 2. The number of hydrogen-bond acceptors (Lipinski definition) is 5. The molecule has 0 aliphatic carbocycles. The minimum atomic E-state index is -1.11. The van der Waals surface area contributed by atoms with Gasteiger partial charge in [0, 0.05) is 18.0 Å². The average molecular weight is 395 g/mol. The first-order valence-corrected chi connectivity index (χ1v) is 9.07. The van der Waals surface area contributed by atoms with Crippen LogP contribution in [0.2, 0.25) is 0 Å². The lowest BCUT2D eigenvalue weighted by Gasteiger charge is -2.25. The third-order valence-corrected chi connectivity index (χ3v) is 5.63. The molecule has 0 radical (unpaired) electrons. The van der Waals surface area contributed by atoms with Crippen LogP contribution in [0.3, 0.4) is 0 Å². The number of carbonyl (C=O) groups is 1. The maximum atomic E-state index is 12.9. The third kappa shape index (κ3) is 4.15. The Morgan fingerprint density at radius 3 is 2.54 bits per heavy atom. The van der Waals surface area contributed by atoms with Gasteiger partial charge in [-0.1, -0.05) is 24.3 Å². The molecule has 7 heteroatoms. The monoisotopic (exact) mass is 394 g/mol. The summed E-state index contributed by atoms with van der Waals surface area (Å²) < 4.78 is 5.20. The Morgan fingerprint density at radius 2 is 1.88 bits per heavy atom. The Labute approximate surface area is 164 Å². The second-order valence-corrected chi connectivity index (χ2v) is 7.00. The van der Waals surface area contributed by atoms with Crippen LogP contribution in [0.15, 0.2) is 53.4 Å². The second kappa shape index (κ2) is 9.28. The van der Waals surface area contributed by atoms with Crippen molar-refractivity contribution < 1.29 is 14.6 Å². The predicted molar refractivity (Wildman–Crippen MR) is 108 cm³/mol. The van der Waals surface area contributed by atoms with Crippen molar-refractivity contribution in [2.45, 2.75) is 16.2 Å². The highest BCUT2D eigenvalue weighted by molar-refractivity contribution is 7.99. The average Bonchev–Trinajstić information content (AvgIpc) is 2.76. The fourth-order valence-electron chi connectivity index (χ4n) is 2.89. The number of aliphatic hydroxyl groups is 1. The van der Waals surface area contributed by atoms with Gasteiger partial charge in [0.2, 0.25) is 0 Å². The molecule has 1 aliphatic heterocycles. The van der Waals surface area contributed by atoms with Crippen LogP contribution in [0.1, 0.15) is 10.8 Å². The molecule has 2 aromatic carbocycles. The van der Waals surface area contributed by atoms with Gasteiger partial charge in [-0.3, -0.25) is 4.79 Å². The Bertz CT molecular complexity index is 742. The number of thioether (sulfide) groups is 1. The number of nitrogens with one attached hydrogen (secondary N) is 1. The lowest BCUT2D eigenvalue weighted by Crippen LogP contribution is -2.43. The second-order valence-electron chi connectivity index (χ2n) is 5.82. The number of para-hydroxylation sites is 1. The van der Waals surface area contributed by atoms with Crippen molar-refractivity contribution in [1.82, 2.24) is 5.32 Å². The molecule has 0 saturated carbocycles. The van der Waals surface area contributed by atoms with Crippen molar-refractivity contribution in [3.63, 3.8) is 0 Å². The zero-order valence-corrected chi connectivity index (χ0v) is 16.3. The van der Waals surface area contributed by atoms with E-state index < -0.39 is 6.10 Å². The molecule has 140 valence electrons. The largest absolute Gasteiger partial charge is 0.497 e. The Balaban J connectivity index is 0.00000243. The summed E-state index contributed by atoms with van der Waals surface area (Å²) in [6.45, 7) is 1.17. The Hall–Kier alpha value is -1.73.